The second-order valence-electron chi connectivity index (χ2n) is 5.78. The lowest BCUT2D eigenvalue weighted by Crippen LogP contribution is -2.27. The molecule has 1 aromatic heterocycles. The number of carbonyl (C=O) groups excluding carboxylic acids is 2. The number of hydrogen-bond donors (Lipinski definition) is 0. The summed E-state index contributed by atoms with van der Waals surface area (Å²) in [6.07, 6.45) is 3.67. The lowest BCUT2D eigenvalue weighted by atomic mass is 10.2. The van der Waals surface area contributed by atoms with Gasteiger partial charge in [-0.3, -0.25) is 9.59 Å². The molecule has 2 aromatic carbocycles. The van der Waals surface area contributed by atoms with Crippen molar-refractivity contribution in [3.63, 3.8) is 0 Å². The van der Waals surface area contributed by atoms with Gasteiger partial charge in [-0.1, -0.05) is 17.7 Å². The summed E-state index contributed by atoms with van der Waals surface area (Å²) < 4.78 is 3.12. The summed E-state index contributed by atoms with van der Waals surface area (Å²) in [5.74, 6) is -0.345. The molecule has 1 aliphatic rings. The van der Waals surface area contributed by atoms with Crippen LogP contribution in [0, 0.1) is 3.57 Å². The molecule has 0 radical (unpaired) electrons. The SMILES string of the molecule is O=C1S/C(=C/c2cccn2-c2ccc(I)cc2)C(=O)N1c1cccc(Cl)c1. The number of imide groups is 1. The third-order valence-corrected chi connectivity index (χ3v) is 5.85. The fourth-order valence-corrected chi connectivity index (χ4v) is 4.16. The Labute approximate surface area is 179 Å². The minimum Gasteiger partial charge on any atom is -0.317 e. The van der Waals surface area contributed by atoms with E-state index in [-0.39, 0.29) is 11.1 Å². The van der Waals surface area contributed by atoms with Crippen LogP contribution in [0.3, 0.4) is 0 Å². The first-order valence-corrected chi connectivity index (χ1v) is 10.3. The van der Waals surface area contributed by atoms with Gasteiger partial charge in [0.25, 0.3) is 11.1 Å². The molecule has 0 N–H and O–H groups in total. The number of hydrogen-bond acceptors (Lipinski definition) is 3. The average Bonchev–Trinajstić information content (AvgIpc) is 3.20. The molecular formula is C20H12ClIN2O2S. The molecule has 4 nitrogen and oxygen atoms in total. The quantitative estimate of drug-likeness (QED) is 0.324. The maximum atomic E-state index is 12.8. The molecule has 3 aromatic rings. The highest BCUT2D eigenvalue weighted by Crippen LogP contribution is 2.36. The van der Waals surface area contributed by atoms with Crippen LogP contribution in [0.1, 0.15) is 5.69 Å². The molecule has 0 atom stereocenters. The maximum absolute atomic E-state index is 12.8. The van der Waals surface area contributed by atoms with Crippen LogP contribution >= 0.6 is 46.0 Å². The van der Waals surface area contributed by atoms with Gasteiger partial charge in [0.1, 0.15) is 0 Å². The highest BCUT2D eigenvalue weighted by atomic mass is 127. The van der Waals surface area contributed by atoms with Crippen molar-refractivity contribution in [3.8, 4) is 5.69 Å². The third kappa shape index (κ3) is 3.69. The molecule has 134 valence electrons. The zero-order valence-electron chi connectivity index (χ0n) is 13.8. The first kappa shape index (κ1) is 18.3. The van der Waals surface area contributed by atoms with E-state index >= 15 is 0 Å². The number of benzene rings is 2. The number of thioether (sulfide) groups is 1. The van der Waals surface area contributed by atoms with Crippen molar-refractivity contribution in [2.24, 2.45) is 0 Å². The summed E-state index contributed by atoms with van der Waals surface area (Å²) in [7, 11) is 0. The monoisotopic (exact) mass is 506 g/mol. The normalized spacial score (nSPS) is 15.8. The van der Waals surface area contributed by atoms with Crippen LogP contribution in [-0.4, -0.2) is 15.7 Å². The molecule has 0 bridgehead atoms. The number of aromatic nitrogens is 1. The third-order valence-electron chi connectivity index (χ3n) is 4.02. The Balaban J connectivity index is 1.68. The predicted octanol–water partition coefficient (Wildman–Crippen LogP) is 5.98. The van der Waals surface area contributed by atoms with Crippen molar-refractivity contribution in [2.75, 3.05) is 4.90 Å². The standard InChI is InChI=1S/C20H12ClIN2O2S/c21-13-3-1-4-17(11-13)24-19(25)18(27-20(24)26)12-16-5-2-10-23(16)15-8-6-14(22)7-9-15/h1-12H/b18-12+. The molecule has 0 unspecified atom stereocenters. The van der Waals surface area contributed by atoms with Crippen molar-refractivity contribution < 1.29 is 9.59 Å². The summed E-state index contributed by atoms with van der Waals surface area (Å²) in [6.45, 7) is 0. The average molecular weight is 507 g/mol. The number of amides is 2. The second-order valence-corrected chi connectivity index (χ2v) is 8.45. The first-order chi connectivity index (χ1) is 13.0. The molecule has 0 spiro atoms. The van der Waals surface area contributed by atoms with Gasteiger partial charge >= 0.3 is 0 Å². The zero-order valence-corrected chi connectivity index (χ0v) is 17.5. The van der Waals surface area contributed by atoms with Gasteiger partial charge in [0.2, 0.25) is 0 Å². The molecule has 4 rings (SSSR count). The summed E-state index contributed by atoms with van der Waals surface area (Å²) in [4.78, 5) is 26.7. The number of anilines is 1. The topological polar surface area (TPSA) is 42.3 Å². The Morgan fingerprint density at radius 3 is 2.48 bits per heavy atom. The van der Waals surface area contributed by atoms with E-state index in [2.05, 4.69) is 22.6 Å². The van der Waals surface area contributed by atoms with Crippen molar-refractivity contribution in [2.45, 2.75) is 0 Å². The van der Waals surface area contributed by atoms with Gasteiger partial charge in [-0.25, -0.2) is 4.90 Å². The maximum Gasteiger partial charge on any atom is 0.298 e. The van der Waals surface area contributed by atoms with E-state index in [1.165, 1.54) is 0 Å². The molecule has 1 fully saturated rings. The van der Waals surface area contributed by atoms with Gasteiger partial charge in [0.05, 0.1) is 10.6 Å². The van der Waals surface area contributed by atoms with Crippen LogP contribution in [0.15, 0.2) is 71.8 Å². The zero-order chi connectivity index (χ0) is 19.0. The Morgan fingerprint density at radius 2 is 1.74 bits per heavy atom. The van der Waals surface area contributed by atoms with Crippen molar-refractivity contribution in [1.82, 2.24) is 4.57 Å². The predicted molar refractivity (Wildman–Crippen MR) is 118 cm³/mol. The van der Waals surface area contributed by atoms with Crippen molar-refractivity contribution in [3.05, 3.63) is 86.1 Å². The van der Waals surface area contributed by atoms with E-state index in [1.807, 2.05) is 47.2 Å². The number of nitrogens with zero attached hydrogens (tertiary/aromatic N) is 2. The van der Waals surface area contributed by atoms with Gasteiger partial charge in [0.15, 0.2) is 0 Å². The molecule has 0 aliphatic carbocycles. The molecule has 7 heteroatoms. The Morgan fingerprint density at radius 1 is 0.963 bits per heavy atom. The molecule has 2 heterocycles. The van der Waals surface area contributed by atoms with E-state index in [4.69, 9.17) is 11.6 Å². The fraction of sp³-hybridized carbons (Fsp3) is 0. The van der Waals surface area contributed by atoms with E-state index in [0.29, 0.717) is 15.6 Å². The molecule has 27 heavy (non-hydrogen) atoms. The summed E-state index contributed by atoms with van der Waals surface area (Å²) in [6, 6.07) is 18.6. The molecule has 2 amide bonds. The minimum absolute atomic E-state index is 0.333. The van der Waals surface area contributed by atoms with Gasteiger partial charge < -0.3 is 4.57 Å². The minimum atomic E-state index is -0.345. The van der Waals surface area contributed by atoms with E-state index in [0.717, 1.165) is 31.6 Å². The smallest absolute Gasteiger partial charge is 0.298 e. The Hall–Kier alpha value is -2.03. The summed E-state index contributed by atoms with van der Waals surface area (Å²) >= 11 is 9.18. The van der Waals surface area contributed by atoms with E-state index in [9.17, 15) is 9.59 Å². The van der Waals surface area contributed by atoms with Crippen LogP contribution in [0.2, 0.25) is 5.02 Å². The lowest BCUT2D eigenvalue weighted by molar-refractivity contribution is -0.113. The van der Waals surface area contributed by atoms with Gasteiger partial charge in [-0.15, -0.1) is 0 Å². The molecule has 1 aliphatic heterocycles. The van der Waals surface area contributed by atoms with Crippen LogP contribution in [0.4, 0.5) is 10.5 Å². The van der Waals surface area contributed by atoms with Crippen LogP contribution in [0.25, 0.3) is 11.8 Å². The van der Waals surface area contributed by atoms with Crippen molar-refractivity contribution in [1.29, 1.82) is 0 Å². The van der Waals surface area contributed by atoms with Crippen LogP contribution in [-0.2, 0) is 4.79 Å². The van der Waals surface area contributed by atoms with Crippen LogP contribution < -0.4 is 4.90 Å². The largest absolute Gasteiger partial charge is 0.317 e. The molecule has 1 saturated heterocycles. The first-order valence-electron chi connectivity index (χ1n) is 8.00. The van der Waals surface area contributed by atoms with Gasteiger partial charge in [-0.05, 0) is 95.0 Å². The highest BCUT2D eigenvalue weighted by molar-refractivity contribution is 14.1. The lowest BCUT2D eigenvalue weighted by Gasteiger charge is -2.12. The van der Waals surface area contributed by atoms with E-state index in [1.54, 1.807) is 30.3 Å². The molecule has 0 saturated carbocycles. The Kier molecular flexibility index (Phi) is 5.12. The summed E-state index contributed by atoms with van der Waals surface area (Å²) in [5, 5.41) is 0.143. The van der Waals surface area contributed by atoms with Crippen LogP contribution in [0.5, 0.6) is 0 Å². The second kappa shape index (κ2) is 7.53. The Bertz CT molecular complexity index is 1080. The van der Waals surface area contributed by atoms with E-state index < -0.39 is 0 Å². The fourth-order valence-electron chi connectivity index (χ4n) is 2.79. The highest BCUT2D eigenvalue weighted by Gasteiger charge is 2.36. The van der Waals surface area contributed by atoms with Crippen molar-refractivity contribution >= 4 is 68.9 Å². The summed E-state index contributed by atoms with van der Waals surface area (Å²) in [5.41, 5.74) is 2.29. The molecular weight excluding hydrogens is 495 g/mol. The number of rotatable bonds is 3. The number of carbonyl (C=O) groups is 2. The van der Waals surface area contributed by atoms with Gasteiger partial charge in [-0.2, -0.15) is 0 Å². The number of halogens is 2. The van der Waals surface area contributed by atoms with Gasteiger partial charge in [0, 0.05) is 26.2 Å².